The molecule has 0 aliphatic rings. The van der Waals surface area contributed by atoms with Crippen molar-refractivity contribution in [3.05, 3.63) is 34.5 Å². The summed E-state index contributed by atoms with van der Waals surface area (Å²) in [5, 5.41) is 1.85. The standard InChI is InChI=1S/C14H18O4S/c1-4-7-11-10(8-9-19-11)12(13(15)17-5-2)14(16)18-6-3/h4,8-9,12H,1,5-7H2,2-3H3. The van der Waals surface area contributed by atoms with E-state index in [0.717, 1.165) is 4.88 Å². The quantitative estimate of drug-likeness (QED) is 0.438. The molecule has 0 aromatic carbocycles. The van der Waals surface area contributed by atoms with Gasteiger partial charge in [-0.1, -0.05) is 6.08 Å². The lowest BCUT2D eigenvalue weighted by Gasteiger charge is -2.14. The molecule has 4 nitrogen and oxygen atoms in total. The summed E-state index contributed by atoms with van der Waals surface area (Å²) in [5.41, 5.74) is 0.654. The third-order valence-electron chi connectivity index (χ3n) is 2.47. The van der Waals surface area contributed by atoms with E-state index in [1.54, 1.807) is 26.0 Å². The van der Waals surface area contributed by atoms with Gasteiger partial charge in [-0.2, -0.15) is 0 Å². The second-order valence-corrected chi connectivity index (χ2v) is 4.73. The minimum atomic E-state index is -0.999. The van der Waals surface area contributed by atoms with Gasteiger partial charge < -0.3 is 9.47 Å². The molecule has 0 N–H and O–H groups in total. The van der Waals surface area contributed by atoms with Gasteiger partial charge in [0.15, 0.2) is 5.92 Å². The summed E-state index contributed by atoms with van der Waals surface area (Å²) in [7, 11) is 0. The lowest BCUT2D eigenvalue weighted by molar-refractivity contribution is -0.156. The van der Waals surface area contributed by atoms with Crippen LogP contribution >= 0.6 is 11.3 Å². The molecule has 0 radical (unpaired) electrons. The van der Waals surface area contributed by atoms with E-state index < -0.39 is 17.9 Å². The second-order valence-electron chi connectivity index (χ2n) is 3.73. The molecule has 0 unspecified atom stereocenters. The van der Waals surface area contributed by atoms with Crippen molar-refractivity contribution in [2.24, 2.45) is 0 Å². The van der Waals surface area contributed by atoms with Crippen molar-refractivity contribution in [1.82, 2.24) is 0 Å². The molecule has 0 fully saturated rings. The molecular weight excluding hydrogens is 264 g/mol. The van der Waals surface area contributed by atoms with Gasteiger partial charge in [0.1, 0.15) is 0 Å². The van der Waals surface area contributed by atoms with Crippen molar-refractivity contribution in [2.75, 3.05) is 13.2 Å². The first-order chi connectivity index (χ1) is 9.15. The third kappa shape index (κ3) is 3.92. The molecule has 1 aromatic rings. The molecule has 1 heterocycles. The molecule has 1 rings (SSSR count). The number of thiophene rings is 1. The van der Waals surface area contributed by atoms with Crippen LogP contribution in [0.4, 0.5) is 0 Å². The molecule has 0 aliphatic carbocycles. The first kappa shape index (κ1) is 15.4. The van der Waals surface area contributed by atoms with Crippen LogP contribution in [-0.4, -0.2) is 25.2 Å². The Morgan fingerprint density at radius 1 is 1.32 bits per heavy atom. The van der Waals surface area contributed by atoms with Crippen molar-refractivity contribution in [2.45, 2.75) is 26.2 Å². The zero-order valence-electron chi connectivity index (χ0n) is 11.2. The summed E-state index contributed by atoms with van der Waals surface area (Å²) in [6, 6.07) is 1.77. The summed E-state index contributed by atoms with van der Waals surface area (Å²) < 4.78 is 9.93. The number of allylic oxidation sites excluding steroid dienone is 1. The van der Waals surface area contributed by atoms with Gasteiger partial charge in [0.25, 0.3) is 0 Å². The highest BCUT2D eigenvalue weighted by molar-refractivity contribution is 7.10. The van der Waals surface area contributed by atoms with Crippen LogP contribution in [0, 0.1) is 0 Å². The Hall–Kier alpha value is -1.62. The minimum absolute atomic E-state index is 0.232. The van der Waals surface area contributed by atoms with E-state index >= 15 is 0 Å². The normalized spacial score (nSPS) is 10.3. The molecular formula is C14H18O4S. The van der Waals surface area contributed by atoms with Gasteiger partial charge in [-0.3, -0.25) is 9.59 Å². The fourth-order valence-electron chi connectivity index (χ4n) is 1.71. The number of hydrogen-bond donors (Lipinski definition) is 0. The molecule has 0 amide bonds. The Morgan fingerprint density at radius 2 is 1.89 bits per heavy atom. The highest BCUT2D eigenvalue weighted by Gasteiger charge is 2.33. The highest BCUT2D eigenvalue weighted by atomic mass is 32.1. The lowest BCUT2D eigenvalue weighted by Crippen LogP contribution is -2.26. The highest BCUT2D eigenvalue weighted by Crippen LogP contribution is 2.28. The molecule has 0 atom stereocenters. The van der Waals surface area contributed by atoms with E-state index in [0.29, 0.717) is 12.0 Å². The van der Waals surface area contributed by atoms with Crippen LogP contribution in [0.2, 0.25) is 0 Å². The van der Waals surface area contributed by atoms with Gasteiger partial charge in [0, 0.05) is 4.88 Å². The fourth-order valence-corrected chi connectivity index (χ4v) is 2.62. The van der Waals surface area contributed by atoms with Gasteiger partial charge in [0.05, 0.1) is 13.2 Å². The van der Waals surface area contributed by atoms with Gasteiger partial charge in [-0.25, -0.2) is 0 Å². The summed E-state index contributed by atoms with van der Waals surface area (Å²) in [4.78, 5) is 24.9. The molecule has 0 aliphatic heterocycles. The van der Waals surface area contributed by atoms with Crippen LogP contribution in [0.3, 0.4) is 0 Å². The molecule has 1 aromatic heterocycles. The Labute approximate surface area is 117 Å². The SMILES string of the molecule is C=CCc1sccc1C(C(=O)OCC)C(=O)OCC. The molecule has 0 spiro atoms. The molecule has 5 heteroatoms. The Morgan fingerprint density at radius 3 is 2.37 bits per heavy atom. The molecule has 0 saturated carbocycles. The Kier molecular flexibility index (Phi) is 6.29. The zero-order valence-corrected chi connectivity index (χ0v) is 12.0. The van der Waals surface area contributed by atoms with Crippen molar-refractivity contribution < 1.29 is 19.1 Å². The maximum atomic E-state index is 12.0. The molecule has 19 heavy (non-hydrogen) atoms. The number of rotatable bonds is 7. The van der Waals surface area contributed by atoms with E-state index in [9.17, 15) is 9.59 Å². The van der Waals surface area contributed by atoms with E-state index in [1.807, 2.05) is 5.38 Å². The summed E-state index contributed by atoms with van der Waals surface area (Å²) in [5.74, 6) is -2.13. The maximum absolute atomic E-state index is 12.0. The van der Waals surface area contributed by atoms with Crippen molar-refractivity contribution in [3.63, 3.8) is 0 Å². The van der Waals surface area contributed by atoms with Crippen LogP contribution in [0.25, 0.3) is 0 Å². The minimum Gasteiger partial charge on any atom is -0.465 e. The van der Waals surface area contributed by atoms with Gasteiger partial charge in [-0.05, 0) is 37.3 Å². The van der Waals surface area contributed by atoms with Crippen LogP contribution in [0.15, 0.2) is 24.1 Å². The first-order valence-electron chi connectivity index (χ1n) is 6.16. The number of esters is 2. The fraction of sp³-hybridized carbons (Fsp3) is 0.429. The summed E-state index contributed by atoms with van der Waals surface area (Å²) >= 11 is 1.49. The maximum Gasteiger partial charge on any atom is 0.324 e. The van der Waals surface area contributed by atoms with Gasteiger partial charge >= 0.3 is 11.9 Å². The van der Waals surface area contributed by atoms with Gasteiger partial charge in [0.2, 0.25) is 0 Å². The molecule has 0 saturated heterocycles. The number of carbonyl (C=O) groups is 2. The molecule has 104 valence electrons. The zero-order chi connectivity index (χ0) is 14.3. The Bertz CT molecular complexity index is 432. The average molecular weight is 282 g/mol. The first-order valence-corrected chi connectivity index (χ1v) is 7.04. The smallest absolute Gasteiger partial charge is 0.324 e. The van der Waals surface area contributed by atoms with Crippen LogP contribution < -0.4 is 0 Å². The van der Waals surface area contributed by atoms with Crippen LogP contribution in [-0.2, 0) is 25.5 Å². The third-order valence-corrected chi connectivity index (χ3v) is 3.42. The van der Waals surface area contributed by atoms with E-state index in [1.165, 1.54) is 11.3 Å². The van der Waals surface area contributed by atoms with E-state index in [-0.39, 0.29) is 13.2 Å². The van der Waals surface area contributed by atoms with Gasteiger partial charge in [-0.15, -0.1) is 17.9 Å². The largest absolute Gasteiger partial charge is 0.465 e. The monoisotopic (exact) mass is 282 g/mol. The van der Waals surface area contributed by atoms with E-state index in [2.05, 4.69) is 6.58 Å². The number of carbonyl (C=O) groups excluding carboxylic acids is 2. The summed E-state index contributed by atoms with van der Waals surface area (Å²) in [6.07, 6.45) is 2.35. The summed E-state index contributed by atoms with van der Waals surface area (Å²) in [6.45, 7) is 7.55. The Balaban J connectivity index is 3.07. The predicted molar refractivity (Wildman–Crippen MR) is 74.2 cm³/mol. The lowest BCUT2D eigenvalue weighted by atomic mass is 9.99. The van der Waals surface area contributed by atoms with Crippen molar-refractivity contribution >= 4 is 23.3 Å². The van der Waals surface area contributed by atoms with Crippen LogP contribution in [0.1, 0.15) is 30.2 Å². The van der Waals surface area contributed by atoms with Crippen molar-refractivity contribution in [1.29, 1.82) is 0 Å². The number of hydrogen-bond acceptors (Lipinski definition) is 5. The second kappa shape index (κ2) is 7.74. The topological polar surface area (TPSA) is 52.6 Å². The number of ether oxygens (including phenoxy) is 2. The predicted octanol–water partition coefficient (Wildman–Crippen LogP) is 2.69. The molecule has 0 bridgehead atoms. The van der Waals surface area contributed by atoms with Crippen molar-refractivity contribution in [3.8, 4) is 0 Å². The average Bonchev–Trinajstić information content (AvgIpc) is 2.79. The van der Waals surface area contributed by atoms with E-state index in [4.69, 9.17) is 9.47 Å². The van der Waals surface area contributed by atoms with Crippen LogP contribution in [0.5, 0.6) is 0 Å².